The molecule has 1 aromatic carbocycles. The van der Waals surface area contributed by atoms with Gasteiger partial charge in [0, 0.05) is 0 Å². The Labute approximate surface area is 79.0 Å². The maximum absolute atomic E-state index is 5.76. The smallest absolute Gasteiger partial charge is 0.0941 e. The SMILES string of the molecule is CC1(c2ccccc2)CC=CCO1. The zero-order valence-electron chi connectivity index (χ0n) is 7.86. The first-order valence-electron chi connectivity index (χ1n) is 4.66. The maximum Gasteiger partial charge on any atom is 0.0941 e. The third-order valence-corrected chi connectivity index (χ3v) is 2.56. The summed E-state index contributed by atoms with van der Waals surface area (Å²) in [6, 6.07) is 10.4. The lowest BCUT2D eigenvalue weighted by molar-refractivity contribution is -0.0260. The van der Waals surface area contributed by atoms with Crippen molar-refractivity contribution in [2.45, 2.75) is 18.9 Å². The Morgan fingerprint density at radius 1 is 1.15 bits per heavy atom. The number of hydrogen-bond acceptors (Lipinski definition) is 1. The minimum atomic E-state index is -0.115. The Morgan fingerprint density at radius 2 is 1.92 bits per heavy atom. The van der Waals surface area contributed by atoms with Gasteiger partial charge in [0.15, 0.2) is 0 Å². The summed E-state index contributed by atoms with van der Waals surface area (Å²) in [6.07, 6.45) is 5.23. The average Bonchev–Trinajstić information content (AvgIpc) is 2.20. The molecule has 0 N–H and O–H groups in total. The molecule has 0 aromatic heterocycles. The van der Waals surface area contributed by atoms with E-state index in [0.717, 1.165) is 13.0 Å². The van der Waals surface area contributed by atoms with Gasteiger partial charge in [-0.1, -0.05) is 42.5 Å². The summed E-state index contributed by atoms with van der Waals surface area (Å²) in [5, 5.41) is 0. The highest BCUT2D eigenvalue weighted by atomic mass is 16.5. The molecule has 68 valence electrons. The van der Waals surface area contributed by atoms with E-state index in [1.807, 2.05) is 6.07 Å². The molecule has 1 aliphatic heterocycles. The van der Waals surface area contributed by atoms with Gasteiger partial charge in [0.1, 0.15) is 0 Å². The minimum Gasteiger partial charge on any atom is -0.366 e. The van der Waals surface area contributed by atoms with E-state index >= 15 is 0 Å². The van der Waals surface area contributed by atoms with Crippen molar-refractivity contribution in [3.63, 3.8) is 0 Å². The molecule has 2 rings (SSSR count). The Hall–Kier alpha value is -1.08. The van der Waals surface area contributed by atoms with Crippen molar-refractivity contribution in [3.8, 4) is 0 Å². The van der Waals surface area contributed by atoms with Gasteiger partial charge in [-0.3, -0.25) is 0 Å². The molecule has 0 fully saturated rings. The number of benzene rings is 1. The molecule has 0 bridgehead atoms. The van der Waals surface area contributed by atoms with E-state index in [0.29, 0.717) is 0 Å². The first kappa shape index (κ1) is 8.52. The van der Waals surface area contributed by atoms with E-state index in [4.69, 9.17) is 4.74 Å². The van der Waals surface area contributed by atoms with Crippen LogP contribution < -0.4 is 0 Å². The van der Waals surface area contributed by atoms with Crippen molar-refractivity contribution in [3.05, 3.63) is 48.0 Å². The lowest BCUT2D eigenvalue weighted by Gasteiger charge is -2.31. The molecule has 1 nitrogen and oxygen atoms in total. The van der Waals surface area contributed by atoms with Crippen molar-refractivity contribution < 1.29 is 4.74 Å². The van der Waals surface area contributed by atoms with Gasteiger partial charge in [0.2, 0.25) is 0 Å². The fourth-order valence-corrected chi connectivity index (χ4v) is 1.66. The van der Waals surface area contributed by atoms with E-state index in [1.54, 1.807) is 0 Å². The van der Waals surface area contributed by atoms with Crippen LogP contribution in [0.3, 0.4) is 0 Å². The van der Waals surface area contributed by atoms with Gasteiger partial charge >= 0.3 is 0 Å². The number of hydrogen-bond donors (Lipinski definition) is 0. The molecule has 1 aliphatic rings. The second-order valence-corrected chi connectivity index (χ2v) is 3.58. The van der Waals surface area contributed by atoms with Crippen LogP contribution in [-0.2, 0) is 10.3 Å². The fraction of sp³-hybridized carbons (Fsp3) is 0.333. The van der Waals surface area contributed by atoms with Crippen molar-refractivity contribution in [2.24, 2.45) is 0 Å². The molecule has 13 heavy (non-hydrogen) atoms. The summed E-state index contributed by atoms with van der Waals surface area (Å²) >= 11 is 0. The maximum atomic E-state index is 5.76. The topological polar surface area (TPSA) is 9.23 Å². The molecule has 0 saturated heterocycles. The molecule has 1 heterocycles. The van der Waals surface area contributed by atoms with E-state index in [-0.39, 0.29) is 5.60 Å². The first-order chi connectivity index (χ1) is 6.31. The van der Waals surface area contributed by atoms with Crippen LogP contribution in [0, 0.1) is 0 Å². The van der Waals surface area contributed by atoms with Crippen molar-refractivity contribution in [2.75, 3.05) is 6.61 Å². The third kappa shape index (κ3) is 1.65. The highest BCUT2D eigenvalue weighted by molar-refractivity contribution is 5.23. The molecule has 1 atom stereocenters. The van der Waals surface area contributed by atoms with Gasteiger partial charge in [-0.25, -0.2) is 0 Å². The second kappa shape index (κ2) is 3.35. The Balaban J connectivity index is 2.29. The summed E-state index contributed by atoms with van der Waals surface area (Å²) in [4.78, 5) is 0. The van der Waals surface area contributed by atoms with Gasteiger partial charge < -0.3 is 4.74 Å². The summed E-state index contributed by atoms with van der Waals surface area (Å²) in [7, 11) is 0. The third-order valence-electron chi connectivity index (χ3n) is 2.56. The zero-order chi connectivity index (χ0) is 9.15. The van der Waals surface area contributed by atoms with Crippen LogP contribution in [0.25, 0.3) is 0 Å². The normalized spacial score (nSPS) is 27.5. The van der Waals surface area contributed by atoms with E-state index in [2.05, 4.69) is 43.3 Å². The van der Waals surface area contributed by atoms with Gasteiger partial charge in [0.25, 0.3) is 0 Å². The average molecular weight is 174 g/mol. The Morgan fingerprint density at radius 3 is 2.54 bits per heavy atom. The standard InChI is InChI=1S/C12H14O/c1-12(9-5-6-10-13-12)11-7-3-2-4-8-11/h2-8H,9-10H2,1H3. The molecular formula is C12H14O. The zero-order valence-corrected chi connectivity index (χ0v) is 7.86. The second-order valence-electron chi connectivity index (χ2n) is 3.58. The number of ether oxygens (including phenoxy) is 1. The molecule has 0 saturated carbocycles. The van der Waals surface area contributed by atoms with Crippen LogP contribution in [-0.4, -0.2) is 6.61 Å². The van der Waals surface area contributed by atoms with Crippen LogP contribution in [0.4, 0.5) is 0 Å². The molecular weight excluding hydrogens is 160 g/mol. The molecule has 0 amide bonds. The largest absolute Gasteiger partial charge is 0.366 e. The van der Waals surface area contributed by atoms with E-state index < -0.39 is 0 Å². The van der Waals surface area contributed by atoms with Crippen LogP contribution in [0.15, 0.2) is 42.5 Å². The predicted octanol–water partition coefficient (Wildman–Crippen LogP) is 2.88. The van der Waals surface area contributed by atoms with Crippen LogP contribution >= 0.6 is 0 Å². The minimum absolute atomic E-state index is 0.115. The Bertz CT molecular complexity index is 302. The fourth-order valence-electron chi connectivity index (χ4n) is 1.66. The predicted molar refractivity (Wildman–Crippen MR) is 53.5 cm³/mol. The molecule has 0 spiro atoms. The first-order valence-corrected chi connectivity index (χ1v) is 4.66. The van der Waals surface area contributed by atoms with Crippen molar-refractivity contribution in [1.82, 2.24) is 0 Å². The highest BCUT2D eigenvalue weighted by Gasteiger charge is 2.27. The molecule has 1 heteroatoms. The van der Waals surface area contributed by atoms with Crippen molar-refractivity contribution >= 4 is 0 Å². The van der Waals surface area contributed by atoms with E-state index in [9.17, 15) is 0 Å². The lowest BCUT2D eigenvalue weighted by Crippen LogP contribution is -2.27. The monoisotopic (exact) mass is 174 g/mol. The molecule has 0 aliphatic carbocycles. The van der Waals surface area contributed by atoms with Crippen LogP contribution in [0.5, 0.6) is 0 Å². The molecule has 1 unspecified atom stereocenters. The molecule has 1 aromatic rings. The van der Waals surface area contributed by atoms with Crippen molar-refractivity contribution in [1.29, 1.82) is 0 Å². The Kier molecular flexibility index (Phi) is 2.19. The molecule has 0 radical (unpaired) electrons. The van der Waals surface area contributed by atoms with Gasteiger partial charge in [0.05, 0.1) is 12.2 Å². The van der Waals surface area contributed by atoms with Crippen LogP contribution in [0.1, 0.15) is 18.9 Å². The summed E-state index contributed by atoms with van der Waals surface area (Å²) < 4.78 is 5.76. The quantitative estimate of drug-likeness (QED) is 0.595. The summed E-state index contributed by atoms with van der Waals surface area (Å²) in [6.45, 7) is 2.87. The highest BCUT2D eigenvalue weighted by Crippen LogP contribution is 2.31. The van der Waals surface area contributed by atoms with Crippen LogP contribution in [0.2, 0.25) is 0 Å². The van der Waals surface area contributed by atoms with E-state index in [1.165, 1.54) is 5.56 Å². The van der Waals surface area contributed by atoms with Gasteiger partial charge in [-0.05, 0) is 18.9 Å². The summed E-state index contributed by atoms with van der Waals surface area (Å²) in [5.41, 5.74) is 1.15. The van der Waals surface area contributed by atoms with Gasteiger partial charge in [-0.15, -0.1) is 0 Å². The number of rotatable bonds is 1. The summed E-state index contributed by atoms with van der Waals surface area (Å²) in [5.74, 6) is 0. The lowest BCUT2D eigenvalue weighted by atomic mass is 9.91. The van der Waals surface area contributed by atoms with Gasteiger partial charge in [-0.2, -0.15) is 0 Å².